The van der Waals surface area contributed by atoms with E-state index in [2.05, 4.69) is 10.6 Å². The maximum absolute atomic E-state index is 12.3. The fraction of sp³-hybridized carbons (Fsp3) is 0.857. The van der Waals surface area contributed by atoms with Gasteiger partial charge in [0.25, 0.3) is 0 Å². The van der Waals surface area contributed by atoms with Crippen LogP contribution in [0.1, 0.15) is 39.5 Å². The highest BCUT2D eigenvalue weighted by atomic mass is 35.5. The molecule has 2 amide bonds. The number of nitrogens with zero attached hydrogens (tertiary/aromatic N) is 1. The second-order valence-corrected chi connectivity index (χ2v) is 6.16. The van der Waals surface area contributed by atoms with Crippen LogP contribution in [-0.4, -0.2) is 48.9 Å². The van der Waals surface area contributed by atoms with Crippen LogP contribution < -0.4 is 10.6 Å². The minimum atomic E-state index is -0.304. The van der Waals surface area contributed by atoms with Gasteiger partial charge in [0.15, 0.2) is 0 Å². The second-order valence-electron chi connectivity index (χ2n) is 6.16. The summed E-state index contributed by atoms with van der Waals surface area (Å²) in [4.78, 5) is 25.7. The first-order valence-corrected chi connectivity index (χ1v) is 7.31. The molecule has 2 aliphatic rings. The number of carbonyl (C=O) groups excluding carboxylic acids is 2. The topological polar surface area (TPSA) is 61.4 Å². The van der Waals surface area contributed by atoms with Gasteiger partial charge in [0.1, 0.15) is 0 Å². The molecule has 0 saturated carbocycles. The summed E-state index contributed by atoms with van der Waals surface area (Å²) in [6.45, 7) is 7.20. The number of hydrogen-bond donors (Lipinski definition) is 2. The highest BCUT2D eigenvalue weighted by Crippen LogP contribution is 2.25. The predicted octanol–water partition coefficient (Wildman–Crippen LogP) is 0.925. The second kappa shape index (κ2) is 7.27. The van der Waals surface area contributed by atoms with E-state index < -0.39 is 0 Å². The van der Waals surface area contributed by atoms with E-state index in [4.69, 9.17) is 0 Å². The van der Waals surface area contributed by atoms with E-state index in [9.17, 15) is 9.59 Å². The first-order chi connectivity index (χ1) is 9.01. The van der Waals surface area contributed by atoms with Gasteiger partial charge in [0, 0.05) is 32.1 Å². The highest BCUT2D eigenvalue weighted by Gasteiger charge is 2.35. The Bertz CT molecular complexity index is 356. The Hall–Kier alpha value is -0.810. The van der Waals surface area contributed by atoms with E-state index in [1.807, 2.05) is 18.7 Å². The number of halogens is 1. The van der Waals surface area contributed by atoms with Crippen LogP contribution in [-0.2, 0) is 9.59 Å². The van der Waals surface area contributed by atoms with E-state index in [0.717, 1.165) is 38.9 Å². The van der Waals surface area contributed by atoms with Gasteiger partial charge in [-0.15, -0.1) is 12.4 Å². The molecule has 0 aromatic heterocycles. The summed E-state index contributed by atoms with van der Waals surface area (Å²) in [7, 11) is 0. The van der Waals surface area contributed by atoms with Gasteiger partial charge in [-0.2, -0.15) is 0 Å². The van der Waals surface area contributed by atoms with Gasteiger partial charge < -0.3 is 15.5 Å². The van der Waals surface area contributed by atoms with Gasteiger partial charge in [-0.3, -0.25) is 9.59 Å². The molecule has 0 radical (unpaired) electrons. The van der Waals surface area contributed by atoms with Crippen LogP contribution in [0.2, 0.25) is 0 Å². The molecular weight excluding hydrogens is 278 g/mol. The van der Waals surface area contributed by atoms with Crippen LogP contribution in [0.15, 0.2) is 0 Å². The van der Waals surface area contributed by atoms with Gasteiger partial charge in [-0.05, 0) is 39.7 Å². The SMILES string of the molecule is CC(CN1CCCC1=O)NC(=O)C1(C)CCCNC1.Cl. The summed E-state index contributed by atoms with van der Waals surface area (Å²) in [5, 5.41) is 6.35. The van der Waals surface area contributed by atoms with Crippen molar-refractivity contribution in [2.24, 2.45) is 5.41 Å². The molecule has 116 valence electrons. The summed E-state index contributed by atoms with van der Waals surface area (Å²) >= 11 is 0. The maximum atomic E-state index is 12.3. The zero-order valence-electron chi connectivity index (χ0n) is 12.4. The minimum absolute atomic E-state index is 0. The summed E-state index contributed by atoms with van der Waals surface area (Å²) < 4.78 is 0. The fourth-order valence-corrected chi connectivity index (χ4v) is 2.92. The first kappa shape index (κ1) is 17.2. The number of nitrogens with one attached hydrogen (secondary N) is 2. The van der Waals surface area contributed by atoms with Crippen LogP contribution in [0.3, 0.4) is 0 Å². The van der Waals surface area contributed by atoms with Gasteiger partial charge >= 0.3 is 0 Å². The standard InChI is InChI=1S/C14H25N3O2.ClH/c1-11(9-17-8-3-5-12(17)18)16-13(19)14(2)6-4-7-15-10-14;/h11,15H,3-10H2,1-2H3,(H,16,19);1H. The molecule has 0 aliphatic carbocycles. The Labute approximate surface area is 127 Å². The molecule has 0 spiro atoms. The first-order valence-electron chi connectivity index (χ1n) is 7.31. The molecular formula is C14H26ClN3O2. The molecule has 2 saturated heterocycles. The van der Waals surface area contributed by atoms with Crippen molar-refractivity contribution in [3.05, 3.63) is 0 Å². The molecule has 6 heteroatoms. The van der Waals surface area contributed by atoms with Gasteiger partial charge in [-0.25, -0.2) is 0 Å². The molecule has 2 rings (SSSR count). The van der Waals surface area contributed by atoms with Crippen molar-refractivity contribution in [2.75, 3.05) is 26.2 Å². The molecule has 0 bridgehead atoms. The molecule has 20 heavy (non-hydrogen) atoms. The zero-order valence-corrected chi connectivity index (χ0v) is 13.2. The third kappa shape index (κ3) is 4.09. The van der Waals surface area contributed by atoms with Gasteiger partial charge in [0.2, 0.25) is 11.8 Å². The summed E-state index contributed by atoms with van der Waals surface area (Å²) in [6.07, 6.45) is 3.58. The average molecular weight is 304 g/mol. The van der Waals surface area contributed by atoms with Crippen LogP contribution >= 0.6 is 12.4 Å². The smallest absolute Gasteiger partial charge is 0.227 e. The maximum Gasteiger partial charge on any atom is 0.227 e. The van der Waals surface area contributed by atoms with Gasteiger partial charge in [-0.1, -0.05) is 0 Å². The quantitative estimate of drug-likeness (QED) is 0.812. The van der Waals surface area contributed by atoms with Crippen molar-refractivity contribution < 1.29 is 9.59 Å². The molecule has 2 heterocycles. The Morgan fingerprint density at radius 1 is 1.50 bits per heavy atom. The van der Waals surface area contributed by atoms with Crippen molar-refractivity contribution in [3.8, 4) is 0 Å². The number of amides is 2. The summed E-state index contributed by atoms with van der Waals surface area (Å²) in [5.74, 6) is 0.325. The van der Waals surface area contributed by atoms with Gasteiger partial charge in [0.05, 0.1) is 5.41 Å². The minimum Gasteiger partial charge on any atom is -0.351 e. The highest BCUT2D eigenvalue weighted by molar-refractivity contribution is 5.85. The largest absolute Gasteiger partial charge is 0.351 e. The van der Waals surface area contributed by atoms with Crippen molar-refractivity contribution in [1.29, 1.82) is 0 Å². The lowest BCUT2D eigenvalue weighted by Gasteiger charge is -2.34. The Balaban J connectivity index is 0.00000200. The number of piperidine rings is 1. The molecule has 2 unspecified atom stereocenters. The van der Waals surface area contributed by atoms with E-state index in [1.165, 1.54) is 0 Å². The summed E-state index contributed by atoms with van der Waals surface area (Å²) in [5.41, 5.74) is -0.304. The van der Waals surface area contributed by atoms with Crippen molar-refractivity contribution in [2.45, 2.75) is 45.6 Å². The molecule has 2 N–H and O–H groups in total. The molecule has 2 aliphatic heterocycles. The zero-order chi connectivity index (χ0) is 13.9. The average Bonchev–Trinajstić information content (AvgIpc) is 2.76. The molecule has 0 aromatic rings. The lowest BCUT2D eigenvalue weighted by Crippen LogP contribution is -2.52. The molecule has 2 fully saturated rings. The Morgan fingerprint density at radius 2 is 2.25 bits per heavy atom. The van der Waals surface area contributed by atoms with Crippen LogP contribution in [0.4, 0.5) is 0 Å². The van der Waals surface area contributed by atoms with Crippen LogP contribution in [0.5, 0.6) is 0 Å². The van der Waals surface area contributed by atoms with E-state index in [0.29, 0.717) is 13.0 Å². The summed E-state index contributed by atoms with van der Waals surface area (Å²) in [6, 6.07) is 0.0216. The van der Waals surface area contributed by atoms with Crippen LogP contribution in [0, 0.1) is 5.41 Å². The molecule has 5 nitrogen and oxygen atoms in total. The van der Waals surface area contributed by atoms with E-state index in [-0.39, 0.29) is 35.7 Å². The third-order valence-corrected chi connectivity index (χ3v) is 4.19. The molecule has 0 aromatic carbocycles. The van der Waals surface area contributed by atoms with E-state index >= 15 is 0 Å². The number of likely N-dealkylation sites (tertiary alicyclic amines) is 1. The Kier molecular flexibility index (Phi) is 6.27. The normalized spacial score (nSPS) is 27.9. The van der Waals surface area contributed by atoms with Crippen molar-refractivity contribution in [3.63, 3.8) is 0 Å². The monoisotopic (exact) mass is 303 g/mol. The lowest BCUT2D eigenvalue weighted by atomic mass is 9.82. The van der Waals surface area contributed by atoms with E-state index in [1.54, 1.807) is 0 Å². The number of carbonyl (C=O) groups is 2. The van der Waals surface area contributed by atoms with Crippen molar-refractivity contribution in [1.82, 2.24) is 15.5 Å². The number of rotatable bonds is 4. The Morgan fingerprint density at radius 3 is 2.80 bits per heavy atom. The number of hydrogen-bond acceptors (Lipinski definition) is 3. The lowest BCUT2D eigenvalue weighted by molar-refractivity contribution is -0.133. The predicted molar refractivity (Wildman–Crippen MR) is 80.9 cm³/mol. The fourth-order valence-electron chi connectivity index (χ4n) is 2.92. The third-order valence-electron chi connectivity index (χ3n) is 4.19. The van der Waals surface area contributed by atoms with Crippen molar-refractivity contribution >= 4 is 24.2 Å². The molecule has 2 atom stereocenters. The van der Waals surface area contributed by atoms with Crippen LogP contribution in [0.25, 0.3) is 0 Å².